The first-order valence-corrected chi connectivity index (χ1v) is 10.5. The summed E-state index contributed by atoms with van der Waals surface area (Å²) in [5, 5.41) is 9.76. The first-order valence-electron chi connectivity index (χ1n) is 9.27. The highest BCUT2D eigenvalue weighted by Gasteiger charge is 2.41. The minimum Gasteiger partial charge on any atom is -0.497 e. The molecular weight excluding hydrogens is 434 g/mol. The summed E-state index contributed by atoms with van der Waals surface area (Å²) < 4.78 is 11.2. The third-order valence-corrected chi connectivity index (χ3v) is 6.04. The highest BCUT2D eigenvalue weighted by Crippen LogP contribution is 2.38. The number of hydrogen-bond donors (Lipinski definition) is 1. The van der Waals surface area contributed by atoms with Gasteiger partial charge in [-0.1, -0.05) is 54.3 Å². The number of thioether (sulfide) groups is 1. The Morgan fingerprint density at radius 3 is 2.48 bits per heavy atom. The van der Waals surface area contributed by atoms with E-state index in [2.05, 4.69) is 0 Å². The second-order valence-corrected chi connectivity index (χ2v) is 8.31. The molecule has 0 bridgehead atoms. The predicted octanol–water partition coefficient (Wildman–Crippen LogP) is 4.98. The summed E-state index contributed by atoms with van der Waals surface area (Å²) in [6.07, 6.45) is 1.58. The van der Waals surface area contributed by atoms with Gasteiger partial charge in [0.2, 0.25) is 0 Å². The van der Waals surface area contributed by atoms with Crippen molar-refractivity contribution in [2.45, 2.75) is 6.04 Å². The molecule has 4 rings (SSSR count). The van der Waals surface area contributed by atoms with Crippen LogP contribution in [-0.4, -0.2) is 33.3 Å². The Morgan fingerprint density at radius 1 is 1.13 bits per heavy atom. The Labute approximate surface area is 188 Å². The van der Waals surface area contributed by atoms with Crippen LogP contribution in [0.2, 0.25) is 0 Å². The number of aliphatic carboxylic acids is 1. The van der Waals surface area contributed by atoms with Gasteiger partial charge in [0.05, 0.1) is 12.0 Å². The van der Waals surface area contributed by atoms with Crippen LogP contribution in [0.1, 0.15) is 17.4 Å². The van der Waals surface area contributed by atoms with Gasteiger partial charge in [-0.2, -0.15) is 0 Å². The molecule has 0 saturated carbocycles. The van der Waals surface area contributed by atoms with Crippen LogP contribution in [0.4, 0.5) is 0 Å². The Balaban J connectivity index is 1.60. The van der Waals surface area contributed by atoms with Gasteiger partial charge in [0.25, 0.3) is 5.91 Å². The molecule has 1 aliphatic heterocycles. The molecule has 1 aromatic heterocycles. The van der Waals surface area contributed by atoms with E-state index in [4.69, 9.17) is 21.4 Å². The number of carboxylic acids is 1. The van der Waals surface area contributed by atoms with Gasteiger partial charge in [-0.05, 0) is 42.0 Å². The molecule has 6 nitrogen and oxygen atoms in total. The third-order valence-electron chi connectivity index (χ3n) is 4.71. The number of carbonyl (C=O) groups excluding carboxylic acids is 1. The topological polar surface area (TPSA) is 80.0 Å². The van der Waals surface area contributed by atoms with Crippen molar-refractivity contribution in [2.75, 3.05) is 7.11 Å². The van der Waals surface area contributed by atoms with Crippen molar-refractivity contribution < 1.29 is 23.8 Å². The molecule has 8 heteroatoms. The van der Waals surface area contributed by atoms with Gasteiger partial charge in [0.15, 0.2) is 6.04 Å². The summed E-state index contributed by atoms with van der Waals surface area (Å²) in [5.41, 5.74) is 1.34. The molecule has 1 amide bonds. The zero-order chi connectivity index (χ0) is 22.0. The Bertz CT molecular complexity index is 1170. The molecular formula is C23H17NO5S2. The summed E-state index contributed by atoms with van der Waals surface area (Å²) in [6, 6.07) is 18.3. The number of methoxy groups -OCH3 is 1. The Kier molecular flexibility index (Phi) is 5.92. The maximum atomic E-state index is 13.0. The quantitative estimate of drug-likeness (QED) is 0.418. The average molecular weight is 452 g/mol. The normalized spacial score (nSPS) is 16.0. The lowest BCUT2D eigenvalue weighted by Gasteiger charge is -2.23. The van der Waals surface area contributed by atoms with Crippen LogP contribution in [0.3, 0.4) is 0 Å². The summed E-state index contributed by atoms with van der Waals surface area (Å²) in [4.78, 5) is 26.4. The van der Waals surface area contributed by atoms with Crippen molar-refractivity contribution in [1.82, 2.24) is 4.90 Å². The number of carboxylic acid groups (broad SMARTS) is 1. The highest BCUT2D eigenvalue weighted by atomic mass is 32.2. The van der Waals surface area contributed by atoms with Gasteiger partial charge in [-0.15, -0.1) is 0 Å². The van der Waals surface area contributed by atoms with E-state index in [0.29, 0.717) is 22.0 Å². The molecule has 1 aliphatic rings. The van der Waals surface area contributed by atoms with Crippen LogP contribution in [0.15, 0.2) is 76.1 Å². The number of furan rings is 1. The summed E-state index contributed by atoms with van der Waals surface area (Å²) in [5.74, 6) is 0.234. The lowest BCUT2D eigenvalue weighted by molar-refractivity contribution is -0.145. The van der Waals surface area contributed by atoms with Crippen molar-refractivity contribution >= 4 is 46.3 Å². The first kappa shape index (κ1) is 20.9. The molecule has 1 fully saturated rings. The monoisotopic (exact) mass is 451 g/mol. The SMILES string of the molecule is COc1ccc(-c2ccc(/C=C3\SC(=S)N([C@@H](C(=O)O)c4ccccc4)C3=O)o2)cc1. The van der Waals surface area contributed by atoms with Crippen molar-refractivity contribution in [3.05, 3.63) is 83.0 Å². The van der Waals surface area contributed by atoms with Crippen LogP contribution in [0.5, 0.6) is 5.75 Å². The number of thiocarbonyl (C=S) groups is 1. The minimum atomic E-state index is -1.19. The fourth-order valence-corrected chi connectivity index (χ4v) is 4.50. The fraction of sp³-hybridized carbons (Fsp3) is 0.0870. The largest absolute Gasteiger partial charge is 0.497 e. The fourth-order valence-electron chi connectivity index (χ4n) is 3.21. The smallest absolute Gasteiger partial charge is 0.331 e. The molecule has 2 heterocycles. The van der Waals surface area contributed by atoms with Crippen LogP contribution >= 0.6 is 24.0 Å². The summed E-state index contributed by atoms with van der Waals surface area (Å²) >= 11 is 6.39. The third kappa shape index (κ3) is 4.26. The maximum absolute atomic E-state index is 13.0. The molecule has 1 saturated heterocycles. The van der Waals surface area contributed by atoms with Gasteiger partial charge >= 0.3 is 5.97 Å². The molecule has 1 N–H and O–H groups in total. The van der Waals surface area contributed by atoms with Crippen LogP contribution in [0.25, 0.3) is 17.4 Å². The number of carbonyl (C=O) groups is 2. The summed E-state index contributed by atoms with van der Waals surface area (Å²) in [6.45, 7) is 0. The number of benzene rings is 2. The van der Waals surface area contributed by atoms with Crippen molar-refractivity contribution in [1.29, 1.82) is 0 Å². The van der Waals surface area contributed by atoms with E-state index in [9.17, 15) is 14.7 Å². The highest BCUT2D eigenvalue weighted by molar-refractivity contribution is 8.26. The lowest BCUT2D eigenvalue weighted by atomic mass is 10.1. The number of amides is 1. The van der Waals surface area contributed by atoms with Crippen molar-refractivity contribution in [3.8, 4) is 17.1 Å². The van der Waals surface area contributed by atoms with Gasteiger partial charge in [0, 0.05) is 11.6 Å². The lowest BCUT2D eigenvalue weighted by Crippen LogP contribution is -2.37. The first-order chi connectivity index (χ1) is 15.0. The Morgan fingerprint density at radius 2 is 1.84 bits per heavy atom. The molecule has 2 aromatic carbocycles. The van der Waals surface area contributed by atoms with Crippen LogP contribution < -0.4 is 4.74 Å². The zero-order valence-electron chi connectivity index (χ0n) is 16.3. The molecule has 0 radical (unpaired) electrons. The molecule has 156 valence electrons. The Hall–Kier alpha value is -3.36. The second kappa shape index (κ2) is 8.79. The van der Waals surface area contributed by atoms with E-state index in [1.54, 1.807) is 55.7 Å². The van der Waals surface area contributed by atoms with Crippen molar-refractivity contribution in [2.24, 2.45) is 0 Å². The number of hydrogen-bond acceptors (Lipinski definition) is 6. The molecule has 3 aromatic rings. The van der Waals surface area contributed by atoms with E-state index in [-0.39, 0.29) is 4.32 Å². The second-order valence-electron chi connectivity index (χ2n) is 6.63. The van der Waals surface area contributed by atoms with Gasteiger partial charge in [-0.3, -0.25) is 9.69 Å². The molecule has 0 aliphatic carbocycles. The molecule has 0 unspecified atom stereocenters. The van der Waals surface area contributed by atoms with E-state index < -0.39 is 17.9 Å². The predicted molar refractivity (Wildman–Crippen MR) is 123 cm³/mol. The number of ether oxygens (including phenoxy) is 1. The van der Waals surface area contributed by atoms with E-state index in [1.807, 2.05) is 24.3 Å². The van der Waals surface area contributed by atoms with E-state index >= 15 is 0 Å². The average Bonchev–Trinajstić information content (AvgIpc) is 3.35. The number of nitrogens with zero attached hydrogens (tertiary/aromatic N) is 1. The van der Waals surface area contributed by atoms with Crippen molar-refractivity contribution in [3.63, 3.8) is 0 Å². The minimum absolute atomic E-state index is 0.189. The van der Waals surface area contributed by atoms with Crippen LogP contribution in [0, 0.1) is 0 Å². The summed E-state index contributed by atoms with van der Waals surface area (Å²) in [7, 11) is 1.60. The van der Waals surface area contributed by atoms with Gasteiger partial charge in [-0.25, -0.2) is 4.79 Å². The zero-order valence-corrected chi connectivity index (χ0v) is 18.0. The van der Waals surface area contributed by atoms with Gasteiger partial charge < -0.3 is 14.3 Å². The standard InChI is InChI=1S/C23H17NO5S2/c1-28-16-9-7-14(8-10-16)18-12-11-17(29-18)13-19-21(25)24(23(30)31-19)20(22(26)27)15-5-3-2-4-6-15/h2-13,20H,1H3,(H,26,27)/b19-13-/t20-/m1/s1. The molecule has 31 heavy (non-hydrogen) atoms. The van der Waals surface area contributed by atoms with Crippen LogP contribution in [-0.2, 0) is 9.59 Å². The van der Waals surface area contributed by atoms with Gasteiger partial charge in [0.1, 0.15) is 21.6 Å². The molecule has 1 atom stereocenters. The van der Waals surface area contributed by atoms with E-state index in [0.717, 1.165) is 28.0 Å². The maximum Gasteiger partial charge on any atom is 0.331 e. The molecule has 0 spiro atoms. The van der Waals surface area contributed by atoms with E-state index in [1.165, 1.54) is 0 Å². The number of rotatable bonds is 6.